The number of aliphatic hydroxyl groups excluding tert-OH is 1. The Morgan fingerprint density at radius 1 is 1.39 bits per heavy atom. The summed E-state index contributed by atoms with van der Waals surface area (Å²) in [5.74, 6) is 0.714. The first kappa shape index (κ1) is 13.7. The summed E-state index contributed by atoms with van der Waals surface area (Å²) in [5.41, 5.74) is 2.32. The molecule has 0 aliphatic carbocycles. The molecular formula is C15H22ClNO. The van der Waals surface area contributed by atoms with Crippen molar-refractivity contribution in [3.63, 3.8) is 0 Å². The zero-order valence-corrected chi connectivity index (χ0v) is 12.2. The summed E-state index contributed by atoms with van der Waals surface area (Å²) in [6, 6.07) is 5.84. The van der Waals surface area contributed by atoms with E-state index in [1.54, 1.807) is 0 Å². The predicted molar refractivity (Wildman–Crippen MR) is 77.1 cm³/mol. The van der Waals surface area contributed by atoms with E-state index in [-0.39, 0.29) is 6.61 Å². The van der Waals surface area contributed by atoms with Crippen LogP contribution in [-0.2, 0) is 6.61 Å². The SMILES string of the molecule is CC(C)(C)C1CCN(c2ccc(CO)cc2Cl)C1. The second-order valence-corrected chi connectivity index (χ2v) is 6.65. The number of hydrogen-bond donors (Lipinski definition) is 1. The van der Waals surface area contributed by atoms with E-state index in [2.05, 4.69) is 25.7 Å². The largest absolute Gasteiger partial charge is 0.392 e. The van der Waals surface area contributed by atoms with E-state index in [4.69, 9.17) is 16.7 Å². The van der Waals surface area contributed by atoms with Crippen molar-refractivity contribution in [2.45, 2.75) is 33.8 Å². The molecule has 1 aromatic carbocycles. The van der Waals surface area contributed by atoms with Crippen LogP contribution in [0, 0.1) is 11.3 Å². The lowest BCUT2D eigenvalue weighted by Gasteiger charge is -2.27. The highest BCUT2D eigenvalue weighted by molar-refractivity contribution is 6.33. The topological polar surface area (TPSA) is 23.5 Å². The third-order valence-electron chi connectivity index (χ3n) is 3.95. The summed E-state index contributed by atoms with van der Waals surface area (Å²) in [7, 11) is 0. The number of anilines is 1. The summed E-state index contributed by atoms with van der Waals surface area (Å²) in [6.07, 6.45) is 1.22. The van der Waals surface area contributed by atoms with Crippen molar-refractivity contribution in [3.8, 4) is 0 Å². The van der Waals surface area contributed by atoms with Gasteiger partial charge in [0.2, 0.25) is 0 Å². The summed E-state index contributed by atoms with van der Waals surface area (Å²) < 4.78 is 0. The van der Waals surface area contributed by atoms with Crippen LogP contribution in [-0.4, -0.2) is 18.2 Å². The fourth-order valence-corrected chi connectivity index (χ4v) is 2.91. The summed E-state index contributed by atoms with van der Waals surface area (Å²) in [4.78, 5) is 2.36. The van der Waals surface area contributed by atoms with Crippen LogP contribution in [0.15, 0.2) is 18.2 Å². The van der Waals surface area contributed by atoms with E-state index in [0.717, 1.165) is 29.4 Å². The first-order valence-electron chi connectivity index (χ1n) is 6.56. The number of halogens is 1. The minimum atomic E-state index is 0.0462. The third kappa shape index (κ3) is 2.81. The molecule has 3 heteroatoms. The van der Waals surface area contributed by atoms with E-state index in [1.807, 2.05) is 18.2 Å². The molecule has 1 aliphatic rings. The van der Waals surface area contributed by atoms with Crippen LogP contribution >= 0.6 is 11.6 Å². The van der Waals surface area contributed by atoms with Crippen LogP contribution in [0.4, 0.5) is 5.69 Å². The lowest BCUT2D eigenvalue weighted by molar-refractivity contribution is 0.263. The lowest BCUT2D eigenvalue weighted by Crippen LogP contribution is -2.25. The van der Waals surface area contributed by atoms with Gasteiger partial charge in [0.25, 0.3) is 0 Å². The molecule has 0 saturated carbocycles. The van der Waals surface area contributed by atoms with E-state index in [0.29, 0.717) is 11.3 Å². The number of benzene rings is 1. The molecule has 2 nitrogen and oxygen atoms in total. The Morgan fingerprint density at radius 2 is 2.11 bits per heavy atom. The maximum absolute atomic E-state index is 9.09. The molecule has 0 radical (unpaired) electrons. The Hall–Kier alpha value is -0.730. The molecule has 1 N–H and O–H groups in total. The molecule has 1 unspecified atom stereocenters. The van der Waals surface area contributed by atoms with Gasteiger partial charge < -0.3 is 10.0 Å². The van der Waals surface area contributed by atoms with Crippen molar-refractivity contribution in [1.29, 1.82) is 0 Å². The molecule has 1 atom stereocenters. The van der Waals surface area contributed by atoms with Crippen LogP contribution in [0.3, 0.4) is 0 Å². The Kier molecular flexibility index (Phi) is 3.88. The smallest absolute Gasteiger partial charge is 0.0682 e. The summed E-state index contributed by atoms with van der Waals surface area (Å²) >= 11 is 6.30. The molecule has 0 aromatic heterocycles. The van der Waals surface area contributed by atoms with Gasteiger partial charge in [0.15, 0.2) is 0 Å². The molecule has 2 rings (SSSR count). The van der Waals surface area contributed by atoms with Gasteiger partial charge in [0.1, 0.15) is 0 Å². The van der Waals surface area contributed by atoms with Crippen LogP contribution in [0.5, 0.6) is 0 Å². The van der Waals surface area contributed by atoms with Crippen molar-refractivity contribution < 1.29 is 5.11 Å². The second kappa shape index (κ2) is 5.10. The van der Waals surface area contributed by atoms with Gasteiger partial charge in [-0.15, -0.1) is 0 Å². The molecule has 1 aliphatic heterocycles. The minimum absolute atomic E-state index is 0.0462. The maximum atomic E-state index is 9.09. The molecule has 18 heavy (non-hydrogen) atoms. The van der Waals surface area contributed by atoms with E-state index >= 15 is 0 Å². The normalized spacial score (nSPS) is 20.5. The van der Waals surface area contributed by atoms with Gasteiger partial charge in [-0.1, -0.05) is 38.4 Å². The number of aliphatic hydroxyl groups is 1. The summed E-state index contributed by atoms with van der Waals surface area (Å²) in [6.45, 7) is 9.10. The van der Waals surface area contributed by atoms with Crippen molar-refractivity contribution in [1.82, 2.24) is 0 Å². The average Bonchev–Trinajstić information content (AvgIpc) is 2.77. The fourth-order valence-electron chi connectivity index (χ4n) is 2.59. The highest BCUT2D eigenvalue weighted by Crippen LogP contribution is 2.37. The molecule has 1 fully saturated rings. The maximum Gasteiger partial charge on any atom is 0.0682 e. The second-order valence-electron chi connectivity index (χ2n) is 6.24. The minimum Gasteiger partial charge on any atom is -0.392 e. The van der Waals surface area contributed by atoms with E-state index in [1.165, 1.54) is 6.42 Å². The fraction of sp³-hybridized carbons (Fsp3) is 0.600. The summed E-state index contributed by atoms with van der Waals surface area (Å²) in [5, 5.41) is 9.84. The third-order valence-corrected chi connectivity index (χ3v) is 4.25. The average molecular weight is 268 g/mol. The van der Waals surface area contributed by atoms with E-state index < -0.39 is 0 Å². The molecule has 0 amide bonds. The van der Waals surface area contributed by atoms with Crippen LogP contribution < -0.4 is 4.90 Å². The molecule has 0 bridgehead atoms. The van der Waals surface area contributed by atoms with Crippen LogP contribution in [0.2, 0.25) is 5.02 Å². The lowest BCUT2D eigenvalue weighted by atomic mass is 9.80. The molecular weight excluding hydrogens is 246 g/mol. The van der Waals surface area contributed by atoms with Gasteiger partial charge in [0, 0.05) is 13.1 Å². The molecule has 1 aromatic rings. The first-order valence-corrected chi connectivity index (χ1v) is 6.94. The predicted octanol–water partition coefficient (Wildman–Crippen LogP) is 3.70. The Balaban J connectivity index is 2.14. The number of nitrogens with zero attached hydrogens (tertiary/aromatic N) is 1. The van der Waals surface area contributed by atoms with Gasteiger partial charge in [0.05, 0.1) is 17.3 Å². The van der Waals surface area contributed by atoms with Crippen molar-refractivity contribution in [2.75, 3.05) is 18.0 Å². The molecule has 0 spiro atoms. The van der Waals surface area contributed by atoms with Crippen LogP contribution in [0.1, 0.15) is 32.8 Å². The standard InChI is InChI=1S/C15H22ClNO/c1-15(2,3)12-6-7-17(9-12)14-5-4-11(10-18)8-13(14)16/h4-5,8,12,18H,6-7,9-10H2,1-3H3. The molecule has 100 valence electrons. The monoisotopic (exact) mass is 267 g/mol. The Labute approximate surface area is 115 Å². The molecule has 1 saturated heterocycles. The van der Waals surface area contributed by atoms with E-state index in [9.17, 15) is 0 Å². The number of rotatable bonds is 2. The Bertz CT molecular complexity index is 425. The van der Waals surface area contributed by atoms with Crippen molar-refractivity contribution in [2.24, 2.45) is 11.3 Å². The zero-order valence-electron chi connectivity index (χ0n) is 11.4. The van der Waals surface area contributed by atoms with Gasteiger partial charge in [-0.25, -0.2) is 0 Å². The van der Waals surface area contributed by atoms with Crippen molar-refractivity contribution in [3.05, 3.63) is 28.8 Å². The quantitative estimate of drug-likeness (QED) is 0.883. The Morgan fingerprint density at radius 3 is 2.61 bits per heavy atom. The van der Waals surface area contributed by atoms with Crippen molar-refractivity contribution >= 4 is 17.3 Å². The number of hydrogen-bond acceptors (Lipinski definition) is 2. The van der Waals surface area contributed by atoms with Gasteiger partial charge >= 0.3 is 0 Å². The highest BCUT2D eigenvalue weighted by atomic mass is 35.5. The van der Waals surface area contributed by atoms with Gasteiger partial charge in [-0.3, -0.25) is 0 Å². The first-order chi connectivity index (χ1) is 8.41. The zero-order chi connectivity index (χ0) is 13.3. The van der Waals surface area contributed by atoms with Crippen LogP contribution in [0.25, 0.3) is 0 Å². The van der Waals surface area contributed by atoms with Gasteiger partial charge in [-0.05, 0) is 35.4 Å². The highest BCUT2D eigenvalue weighted by Gasteiger charge is 2.32. The van der Waals surface area contributed by atoms with Gasteiger partial charge in [-0.2, -0.15) is 0 Å². The molecule has 1 heterocycles.